The normalized spacial score (nSPS) is 10.4. The standard InChI is InChI=1S/C11H13Cl2NO3/c1-6(2)17-11(15)5-16-10-4-8(13)7(12)3-9(10)14/h3-4,6H,5,14H2,1-2H3. The van der Waals surface area contributed by atoms with Crippen molar-refractivity contribution in [2.75, 3.05) is 12.3 Å². The van der Waals surface area contributed by atoms with E-state index < -0.39 is 5.97 Å². The number of nitrogen functional groups attached to an aromatic ring is 1. The van der Waals surface area contributed by atoms with E-state index in [1.165, 1.54) is 12.1 Å². The highest BCUT2D eigenvalue weighted by molar-refractivity contribution is 6.42. The van der Waals surface area contributed by atoms with Crippen LogP contribution in [-0.2, 0) is 9.53 Å². The maximum absolute atomic E-state index is 11.2. The molecule has 0 fully saturated rings. The highest BCUT2D eigenvalue weighted by Crippen LogP contribution is 2.32. The largest absolute Gasteiger partial charge is 0.480 e. The molecule has 4 nitrogen and oxygen atoms in total. The predicted octanol–water partition coefficient (Wildman–Crippen LogP) is 2.91. The van der Waals surface area contributed by atoms with Gasteiger partial charge in [0.25, 0.3) is 0 Å². The molecule has 0 amide bonds. The van der Waals surface area contributed by atoms with Crippen molar-refractivity contribution in [3.05, 3.63) is 22.2 Å². The first-order valence-corrected chi connectivity index (χ1v) is 5.72. The lowest BCUT2D eigenvalue weighted by atomic mass is 10.3. The predicted molar refractivity (Wildman–Crippen MR) is 67.6 cm³/mol. The molecule has 0 atom stereocenters. The summed E-state index contributed by atoms with van der Waals surface area (Å²) in [6.45, 7) is 3.29. The minimum atomic E-state index is -0.467. The third-order valence-electron chi connectivity index (χ3n) is 1.77. The zero-order valence-electron chi connectivity index (χ0n) is 9.50. The topological polar surface area (TPSA) is 61.5 Å². The molecule has 17 heavy (non-hydrogen) atoms. The summed E-state index contributed by atoms with van der Waals surface area (Å²) in [5.74, 6) is -0.162. The van der Waals surface area contributed by atoms with Gasteiger partial charge in [0.15, 0.2) is 6.61 Å². The van der Waals surface area contributed by atoms with Gasteiger partial charge in [-0.15, -0.1) is 0 Å². The van der Waals surface area contributed by atoms with Crippen LogP contribution < -0.4 is 10.5 Å². The van der Waals surface area contributed by atoms with Gasteiger partial charge in [-0.1, -0.05) is 23.2 Å². The van der Waals surface area contributed by atoms with Gasteiger partial charge in [-0.05, 0) is 19.9 Å². The van der Waals surface area contributed by atoms with Gasteiger partial charge in [0.05, 0.1) is 21.8 Å². The molecule has 94 valence electrons. The summed E-state index contributed by atoms with van der Waals surface area (Å²) in [4.78, 5) is 11.2. The number of rotatable bonds is 4. The molecule has 0 bridgehead atoms. The highest BCUT2D eigenvalue weighted by Gasteiger charge is 2.10. The molecule has 0 saturated carbocycles. The maximum atomic E-state index is 11.2. The Hall–Kier alpha value is -1.13. The molecule has 0 aliphatic rings. The van der Waals surface area contributed by atoms with E-state index in [4.69, 9.17) is 38.4 Å². The van der Waals surface area contributed by atoms with Gasteiger partial charge in [0, 0.05) is 6.07 Å². The Morgan fingerprint density at radius 1 is 1.35 bits per heavy atom. The van der Waals surface area contributed by atoms with Crippen LogP contribution in [-0.4, -0.2) is 18.7 Å². The van der Waals surface area contributed by atoms with Gasteiger partial charge in [-0.2, -0.15) is 0 Å². The summed E-state index contributed by atoms with van der Waals surface area (Å²) in [6.07, 6.45) is -0.183. The third kappa shape index (κ3) is 4.32. The lowest BCUT2D eigenvalue weighted by molar-refractivity contribution is -0.149. The Balaban J connectivity index is 2.63. The SMILES string of the molecule is CC(C)OC(=O)COc1cc(Cl)c(Cl)cc1N. The first kappa shape index (κ1) is 13.9. The number of hydrogen-bond donors (Lipinski definition) is 1. The zero-order valence-corrected chi connectivity index (χ0v) is 11.0. The second-order valence-electron chi connectivity index (χ2n) is 3.63. The van der Waals surface area contributed by atoms with Crippen LogP contribution in [0.4, 0.5) is 5.69 Å². The van der Waals surface area contributed by atoms with E-state index in [0.29, 0.717) is 21.5 Å². The molecule has 6 heteroatoms. The van der Waals surface area contributed by atoms with Crippen LogP contribution in [0.1, 0.15) is 13.8 Å². The highest BCUT2D eigenvalue weighted by atomic mass is 35.5. The average molecular weight is 278 g/mol. The van der Waals surface area contributed by atoms with Crippen LogP contribution in [0.5, 0.6) is 5.75 Å². The van der Waals surface area contributed by atoms with Gasteiger partial charge in [-0.3, -0.25) is 0 Å². The van der Waals surface area contributed by atoms with Crippen LogP contribution >= 0.6 is 23.2 Å². The van der Waals surface area contributed by atoms with Crippen molar-refractivity contribution >= 4 is 34.9 Å². The molecule has 1 aromatic rings. The molecule has 1 rings (SSSR count). The first-order valence-electron chi connectivity index (χ1n) is 4.97. The number of ether oxygens (including phenoxy) is 2. The molecule has 0 unspecified atom stereocenters. The lowest BCUT2D eigenvalue weighted by Crippen LogP contribution is -2.19. The zero-order chi connectivity index (χ0) is 13.0. The Bertz CT molecular complexity index is 421. The number of halogens is 2. The third-order valence-corrected chi connectivity index (χ3v) is 2.49. The summed E-state index contributed by atoms with van der Waals surface area (Å²) >= 11 is 11.6. The van der Waals surface area contributed by atoms with E-state index in [2.05, 4.69) is 0 Å². The Labute approximate surface area is 110 Å². The molecular formula is C11H13Cl2NO3. The van der Waals surface area contributed by atoms with Gasteiger partial charge >= 0.3 is 5.97 Å². The van der Waals surface area contributed by atoms with Crippen molar-refractivity contribution in [1.82, 2.24) is 0 Å². The quantitative estimate of drug-likeness (QED) is 0.679. The second kappa shape index (κ2) is 5.98. The van der Waals surface area contributed by atoms with E-state index in [1.54, 1.807) is 13.8 Å². The Morgan fingerprint density at radius 2 is 1.94 bits per heavy atom. The summed E-state index contributed by atoms with van der Waals surface area (Å²) in [5.41, 5.74) is 5.97. The average Bonchev–Trinajstić information content (AvgIpc) is 2.20. The van der Waals surface area contributed by atoms with Crippen molar-refractivity contribution in [2.24, 2.45) is 0 Å². The lowest BCUT2D eigenvalue weighted by Gasteiger charge is -2.11. The minimum Gasteiger partial charge on any atom is -0.480 e. The van der Waals surface area contributed by atoms with Crippen LogP contribution in [0.15, 0.2) is 12.1 Å². The van der Waals surface area contributed by atoms with Gasteiger partial charge in [-0.25, -0.2) is 4.79 Å². The number of anilines is 1. The number of hydrogen-bond acceptors (Lipinski definition) is 4. The molecule has 0 spiro atoms. The number of esters is 1. The van der Waals surface area contributed by atoms with E-state index in [9.17, 15) is 4.79 Å². The fourth-order valence-corrected chi connectivity index (χ4v) is 1.43. The molecule has 0 aromatic heterocycles. The summed E-state index contributed by atoms with van der Waals surface area (Å²) in [6, 6.07) is 2.93. The Morgan fingerprint density at radius 3 is 2.53 bits per heavy atom. The van der Waals surface area contributed by atoms with Crippen molar-refractivity contribution in [3.63, 3.8) is 0 Å². The molecular weight excluding hydrogens is 265 g/mol. The molecule has 0 aliphatic heterocycles. The van der Waals surface area contributed by atoms with E-state index in [1.807, 2.05) is 0 Å². The monoisotopic (exact) mass is 277 g/mol. The fourth-order valence-electron chi connectivity index (χ4n) is 1.10. The van der Waals surface area contributed by atoms with Gasteiger partial charge in [0.2, 0.25) is 0 Å². The number of benzene rings is 1. The van der Waals surface area contributed by atoms with E-state index in [0.717, 1.165) is 0 Å². The molecule has 2 N–H and O–H groups in total. The molecule has 0 saturated heterocycles. The molecule has 1 aromatic carbocycles. The van der Waals surface area contributed by atoms with Crippen LogP contribution in [0.2, 0.25) is 10.0 Å². The number of carbonyl (C=O) groups is 1. The Kier molecular flexibility index (Phi) is 4.90. The summed E-state index contributed by atoms with van der Waals surface area (Å²) < 4.78 is 10.1. The molecule has 0 radical (unpaired) electrons. The van der Waals surface area contributed by atoms with Crippen molar-refractivity contribution in [1.29, 1.82) is 0 Å². The van der Waals surface area contributed by atoms with Gasteiger partial charge < -0.3 is 15.2 Å². The van der Waals surface area contributed by atoms with Crippen LogP contribution in [0, 0.1) is 0 Å². The fraction of sp³-hybridized carbons (Fsp3) is 0.364. The van der Waals surface area contributed by atoms with E-state index >= 15 is 0 Å². The number of nitrogens with two attached hydrogens (primary N) is 1. The number of carbonyl (C=O) groups excluding carboxylic acids is 1. The van der Waals surface area contributed by atoms with Gasteiger partial charge in [0.1, 0.15) is 5.75 Å². The smallest absolute Gasteiger partial charge is 0.344 e. The molecule has 0 heterocycles. The van der Waals surface area contributed by atoms with Crippen molar-refractivity contribution in [3.8, 4) is 5.75 Å². The summed E-state index contributed by atoms with van der Waals surface area (Å²) in [7, 11) is 0. The van der Waals surface area contributed by atoms with Crippen LogP contribution in [0.3, 0.4) is 0 Å². The van der Waals surface area contributed by atoms with Crippen LogP contribution in [0.25, 0.3) is 0 Å². The van der Waals surface area contributed by atoms with Crippen molar-refractivity contribution < 1.29 is 14.3 Å². The molecule has 0 aliphatic carbocycles. The maximum Gasteiger partial charge on any atom is 0.344 e. The minimum absolute atomic E-state index is 0.183. The second-order valence-corrected chi connectivity index (χ2v) is 4.45. The summed E-state index contributed by atoms with van der Waals surface area (Å²) in [5, 5.41) is 0.648. The first-order chi connectivity index (χ1) is 7.90. The van der Waals surface area contributed by atoms with Crippen molar-refractivity contribution in [2.45, 2.75) is 20.0 Å². The van der Waals surface area contributed by atoms with E-state index in [-0.39, 0.29) is 12.7 Å².